The molecular weight excluding hydrogens is 244 g/mol. The first kappa shape index (κ1) is 15.8. The maximum Gasteiger partial charge on any atom is 0.317 e. The summed E-state index contributed by atoms with van der Waals surface area (Å²) in [6, 6.07) is -0.120. The Balaban J connectivity index is 2.34. The third-order valence-corrected chi connectivity index (χ3v) is 3.81. The highest BCUT2D eigenvalue weighted by molar-refractivity contribution is 5.75. The summed E-state index contributed by atoms with van der Waals surface area (Å²) in [7, 11) is 0. The molecule has 1 fully saturated rings. The molecule has 1 saturated heterocycles. The number of carbonyl (C=O) groups is 2. The molecule has 0 aromatic heterocycles. The maximum atomic E-state index is 12.0. The number of carboxylic acid groups (broad SMARTS) is 1. The SMILES string of the molecule is CCCC1CCCN(C(=O)NCC(C)C(=O)O)CC1. The summed E-state index contributed by atoms with van der Waals surface area (Å²) in [6.45, 7) is 5.57. The van der Waals surface area contributed by atoms with E-state index in [1.165, 1.54) is 19.3 Å². The van der Waals surface area contributed by atoms with Gasteiger partial charge in [0.25, 0.3) is 0 Å². The van der Waals surface area contributed by atoms with Crippen LogP contribution in [0.15, 0.2) is 0 Å². The zero-order chi connectivity index (χ0) is 14.3. The summed E-state index contributed by atoms with van der Waals surface area (Å²) < 4.78 is 0. The van der Waals surface area contributed by atoms with Crippen LogP contribution in [0.5, 0.6) is 0 Å². The lowest BCUT2D eigenvalue weighted by Crippen LogP contribution is -2.43. The van der Waals surface area contributed by atoms with Gasteiger partial charge in [-0.3, -0.25) is 4.79 Å². The molecule has 5 nitrogen and oxygen atoms in total. The maximum absolute atomic E-state index is 12.0. The molecule has 0 saturated carbocycles. The topological polar surface area (TPSA) is 69.6 Å². The molecule has 19 heavy (non-hydrogen) atoms. The van der Waals surface area contributed by atoms with Gasteiger partial charge < -0.3 is 15.3 Å². The molecule has 2 unspecified atom stereocenters. The number of rotatable bonds is 5. The number of amides is 2. The first-order valence-corrected chi connectivity index (χ1v) is 7.30. The summed E-state index contributed by atoms with van der Waals surface area (Å²) in [5, 5.41) is 11.5. The Bertz CT molecular complexity index is 307. The highest BCUT2D eigenvalue weighted by Crippen LogP contribution is 2.21. The van der Waals surface area contributed by atoms with Gasteiger partial charge in [0.05, 0.1) is 5.92 Å². The van der Waals surface area contributed by atoms with Gasteiger partial charge in [0.2, 0.25) is 0 Å². The minimum atomic E-state index is -0.876. The highest BCUT2D eigenvalue weighted by atomic mass is 16.4. The number of urea groups is 1. The van der Waals surface area contributed by atoms with Crippen molar-refractivity contribution in [1.29, 1.82) is 0 Å². The van der Waals surface area contributed by atoms with Crippen LogP contribution in [0, 0.1) is 11.8 Å². The van der Waals surface area contributed by atoms with Crippen molar-refractivity contribution in [3.8, 4) is 0 Å². The smallest absolute Gasteiger partial charge is 0.317 e. The average Bonchev–Trinajstić information content (AvgIpc) is 2.61. The summed E-state index contributed by atoms with van der Waals surface area (Å²) in [5.74, 6) is -0.677. The standard InChI is InChI=1S/C14H26N2O3/c1-3-5-12-6-4-8-16(9-7-12)14(19)15-10-11(2)13(17)18/h11-12H,3-10H2,1-2H3,(H,15,19)(H,17,18). The second-order valence-corrected chi connectivity index (χ2v) is 5.50. The number of carboxylic acids is 1. The lowest BCUT2D eigenvalue weighted by atomic mass is 9.96. The van der Waals surface area contributed by atoms with Crippen molar-refractivity contribution < 1.29 is 14.7 Å². The monoisotopic (exact) mass is 270 g/mol. The fraction of sp³-hybridized carbons (Fsp3) is 0.857. The lowest BCUT2D eigenvalue weighted by molar-refractivity contribution is -0.140. The molecule has 2 N–H and O–H groups in total. The number of likely N-dealkylation sites (tertiary alicyclic amines) is 1. The van der Waals surface area contributed by atoms with Gasteiger partial charge in [-0.1, -0.05) is 26.7 Å². The van der Waals surface area contributed by atoms with E-state index in [1.54, 1.807) is 6.92 Å². The Hall–Kier alpha value is -1.26. The minimum Gasteiger partial charge on any atom is -0.481 e. The van der Waals surface area contributed by atoms with Crippen molar-refractivity contribution in [2.24, 2.45) is 11.8 Å². The lowest BCUT2D eigenvalue weighted by Gasteiger charge is -2.21. The van der Waals surface area contributed by atoms with E-state index in [2.05, 4.69) is 12.2 Å². The Morgan fingerprint density at radius 3 is 2.74 bits per heavy atom. The van der Waals surface area contributed by atoms with Crippen LogP contribution in [0.1, 0.15) is 46.0 Å². The van der Waals surface area contributed by atoms with Crippen LogP contribution in [0.25, 0.3) is 0 Å². The summed E-state index contributed by atoms with van der Waals surface area (Å²) in [6.07, 6.45) is 5.75. The normalized spacial score (nSPS) is 21.6. The van der Waals surface area contributed by atoms with Crippen molar-refractivity contribution in [2.75, 3.05) is 19.6 Å². The molecule has 1 aliphatic heterocycles. The molecule has 0 aromatic carbocycles. The largest absolute Gasteiger partial charge is 0.481 e. The van der Waals surface area contributed by atoms with Crippen LogP contribution in [0.4, 0.5) is 4.79 Å². The Labute approximate surface area is 115 Å². The molecule has 0 bridgehead atoms. The molecular formula is C14H26N2O3. The molecule has 0 radical (unpaired) electrons. The van der Waals surface area contributed by atoms with E-state index in [9.17, 15) is 9.59 Å². The first-order chi connectivity index (χ1) is 9.04. The number of aliphatic carboxylic acids is 1. The molecule has 110 valence electrons. The fourth-order valence-electron chi connectivity index (χ4n) is 2.50. The number of hydrogen-bond acceptors (Lipinski definition) is 2. The van der Waals surface area contributed by atoms with Gasteiger partial charge in [0.1, 0.15) is 0 Å². The van der Waals surface area contributed by atoms with Gasteiger partial charge in [-0.15, -0.1) is 0 Å². The number of carbonyl (C=O) groups excluding carboxylic acids is 1. The Morgan fingerprint density at radius 1 is 1.37 bits per heavy atom. The summed E-state index contributed by atoms with van der Waals surface area (Å²) in [4.78, 5) is 24.5. The zero-order valence-electron chi connectivity index (χ0n) is 12.0. The van der Waals surface area contributed by atoms with Crippen molar-refractivity contribution in [3.05, 3.63) is 0 Å². The van der Waals surface area contributed by atoms with Crippen molar-refractivity contribution in [1.82, 2.24) is 10.2 Å². The molecule has 1 aliphatic rings. The van der Waals surface area contributed by atoms with Crippen LogP contribution < -0.4 is 5.32 Å². The van der Waals surface area contributed by atoms with Gasteiger partial charge in [-0.25, -0.2) is 4.79 Å². The molecule has 5 heteroatoms. The second kappa shape index (κ2) is 8.02. The molecule has 0 spiro atoms. The van der Waals surface area contributed by atoms with E-state index in [0.29, 0.717) is 0 Å². The van der Waals surface area contributed by atoms with Gasteiger partial charge in [0, 0.05) is 19.6 Å². The molecule has 1 rings (SSSR count). The predicted octanol–water partition coefficient (Wildman–Crippen LogP) is 2.32. The van der Waals surface area contributed by atoms with Crippen LogP contribution >= 0.6 is 0 Å². The fourth-order valence-corrected chi connectivity index (χ4v) is 2.50. The van der Waals surface area contributed by atoms with Crippen LogP contribution in [0.3, 0.4) is 0 Å². The van der Waals surface area contributed by atoms with E-state index in [1.807, 2.05) is 4.90 Å². The van der Waals surface area contributed by atoms with Crippen LogP contribution in [-0.4, -0.2) is 41.6 Å². The average molecular weight is 270 g/mol. The first-order valence-electron chi connectivity index (χ1n) is 7.30. The molecule has 2 atom stereocenters. The van der Waals surface area contributed by atoms with E-state index in [-0.39, 0.29) is 12.6 Å². The number of nitrogens with one attached hydrogen (secondary N) is 1. The zero-order valence-corrected chi connectivity index (χ0v) is 12.0. The van der Waals surface area contributed by atoms with Crippen LogP contribution in [0.2, 0.25) is 0 Å². The van der Waals surface area contributed by atoms with E-state index < -0.39 is 11.9 Å². The predicted molar refractivity (Wildman–Crippen MR) is 74.0 cm³/mol. The highest BCUT2D eigenvalue weighted by Gasteiger charge is 2.21. The Morgan fingerprint density at radius 2 is 2.11 bits per heavy atom. The van der Waals surface area contributed by atoms with Crippen molar-refractivity contribution in [3.63, 3.8) is 0 Å². The van der Waals surface area contributed by atoms with Gasteiger partial charge in [-0.2, -0.15) is 0 Å². The molecule has 0 aliphatic carbocycles. The van der Waals surface area contributed by atoms with Crippen molar-refractivity contribution in [2.45, 2.75) is 46.0 Å². The third-order valence-electron chi connectivity index (χ3n) is 3.81. The minimum absolute atomic E-state index is 0.120. The third kappa shape index (κ3) is 5.49. The van der Waals surface area contributed by atoms with Gasteiger partial charge in [-0.05, 0) is 25.2 Å². The molecule has 2 amide bonds. The molecule has 1 heterocycles. The number of nitrogens with zero attached hydrogens (tertiary/aromatic N) is 1. The Kier molecular flexibility index (Phi) is 6.67. The summed E-state index contributed by atoms with van der Waals surface area (Å²) in [5.41, 5.74) is 0. The number of hydrogen-bond donors (Lipinski definition) is 2. The van der Waals surface area contributed by atoms with E-state index in [4.69, 9.17) is 5.11 Å². The van der Waals surface area contributed by atoms with Crippen molar-refractivity contribution >= 4 is 12.0 Å². The summed E-state index contributed by atoms with van der Waals surface area (Å²) >= 11 is 0. The van der Waals surface area contributed by atoms with Gasteiger partial charge >= 0.3 is 12.0 Å². The van der Waals surface area contributed by atoms with Crippen LogP contribution in [-0.2, 0) is 4.79 Å². The van der Waals surface area contributed by atoms with Gasteiger partial charge in [0.15, 0.2) is 0 Å². The van der Waals surface area contributed by atoms with E-state index in [0.717, 1.165) is 31.8 Å². The second-order valence-electron chi connectivity index (χ2n) is 5.50. The molecule has 0 aromatic rings. The quantitative estimate of drug-likeness (QED) is 0.805. The van der Waals surface area contributed by atoms with E-state index >= 15 is 0 Å².